The molecule has 2 aliphatic carbocycles. The molecule has 3 nitrogen and oxygen atoms in total. The first-order valence-electron chi connectivity index (χ1n) is 8.13. The van der Waals surface area contributed by atoms with E-state index in [0.717, 1.165) is 35.7 Å². The van der Waals surface area contributed by atoms with Crippen LogP contribution < -0.4 is 14.8 Å². The third-order valence-corrected chi connectivity index (χ3v) is 5.58. The number of benzene rings is 1. The van der Waals surface area contributed by atoms with Crippen molar-refractivity contribution < 1.29 is 9.47 Å². The molecule has 4 unspecified atom stereocenters. The maximum atomic E-state index is 5.42. The summed E-state index contributed by atoms with van der Waals surface area (Å²) in [5.41, 5.74) is 1.33. The molecule has 0 spiro atoms. The Hall–Kier alpha value is -1.22. The Labute approximate surface area is 128 Å². The largest absolute Gasteiger partial charge is 0.493 e. The van der Waals surface area contributed by atoms with Crippen LogP contribution in [0, 0.1) is 17.8 Å². The normalized spacial score (nSPS) is 28.6. The fourth-order valence-corrected chi connectivity index (χ4v) is 4.52. The van der Waals surface area contributed by atoms with Crippen LogP contribution in [0.3, 0.4) is 0 Å². The minimum Gasteiger partial charge on any atom is -0.493 e. The van der Waals surface area contributed by atoms with Gasteiger partial charge in [-0.15, -0.1) is 0 Å². The quantitative estimate of drug-likeness (QED) is 0.872. The van der Waals surface area contributed by atoms with E-state index < -0.39 is 0 Å². The highest BCUT2D eigenvalue weighted by Gasteiger charge is 2.42. The number of rotatable bonds is 6. The highest BCUT2D eigenvalue weighted by Crippen LogP contribution is 2.49. The lowest BCUT2D eigenvalue weighted by molar-refractivity contribution is 0.255. The molecule has 0 radical (unpaired) electrons. The maximum Gasteiger partial charge on any atom is 0.160 e. The Morgan fingerprint density at radius 2 is 1.95 bits per heavy atom. The van der Waals surface area contributed by atoms with Gasteiger partial charge in [0, 0.05) is 6.04 Å². The number of nitrogens with one attached hydrogen (secondary N) is 1. The number of hydrogen-bond donors (Lipinski definition) is 1. The number of fused-ring (bicyclic) bond motifs is 2. The van der Waals surface area contributed by atoms with Gasteiger partial charge in [0.2, 0.25) is 0 Å². The van der Waals surface area contributed by atoms with Gasteiger partial charge in [-0.3, -0.25) is 0 Å². The first-order valence-corrected chi connectivity index (χ1v) is 8.13. The summed E-state index contributed by atoms with van der Waals surface area (Å²) in [6.07, 6.45) is 6.87. The predicted octanol–water partition coefficient (Wildman–Crippen LogP) is 3.27. The van der Waals surface area contributed by atoms with E-state index in [1.807, 2.05) is 6.07 Å². The highest BCUT2D eigenvalue weighted by atomic mass is 16.5. The molecule has 0 aromatic heterocycles. The molecule has 2 fully saturated rings. The van der Waals surface area contributed by atoms with Crippen LogP contribution in [-0.4, -0.2) is 27.3 Å². The molecule has 0 heterocycles. The Morgan fingerprint density at radius 3 is 2.52 bits per heavy atom. The van der Waals surface area contributed by atoms with Gasteiger partial charge in [0.05, 0.1) is 14.2 Å². The van der Waals surface area contributed by atoms with Crippen LogP contribution >= 0.6 is 0 Å². The summed E-state index contributed by atoms with van der Waals surface area (Å²) in [4.78, 5) is 0. The standard InChI is InChI=1S/C18H27NO2/c1-19-16(15-9-12-4-6-14(15)8-12)10-13-5-7-17(20-2)18(11-13)21-3/h5,7,11-12,14-16,19H,4,6,8-10H2,1-3H3. The summed E-state index contributed by atoms with van der Waals surface area (Å²) < 4.78 is 10.7. The van der Waals surface area contributed by atoms with Gasteiger partial charge in [0.15, 0.2) is 11.5 Å². The van der Waals surface area contributed by atoms with E-state index in [1.54, 1.807) is 14.2 Å². The summed E-state index contributed by atoms with van der Waals surface area (Å²) in [5, 5.41) is 3.57. The first-order chi connectivity index (χ1) is 10.2. The van der Waals surface area contributed by atoms with Gasteiger partial charge in [-0.1, -0.05) is 12.5 Å². The van der Waals surface area contributed by atoms with Gasteiger partial charge >= 0.3 is 0 Å². The molecule has 1 aromatic rings. The molecule has 2 aliphatic rings. The van der Waals surface area contributed by atoms with Crippen LogP contribution in [0.15, 0.2) is 18.2 Å². The predicted molar refractivity (Wildman–Crippen MR) is 85.0 cm³/mol. The van der Waals surface area contributed by atoms with Gasteiger partial charge in [-0.2, -0.15) is 0 Å². The van der Waals surface area contributed by atoms with Gasteiger partial charge in [0.25, 0.3) is 0 Å². The Morgan fingerprint density at radius 1 is 1.14 bits per heavy atom. The molecule has 4 atom stereocenters. The second-order valence-corrected chi connectivity index (χ2v) is 6.63. The van der Waals surface area contributed by atoms with Gasteiger partial charge in [-0.25, -0.2) is 0 Å². The molecular weight excluding hydrogens is 262 g/mol. The molecule has 3 heteroatoms. The third-order valence-electron chi connectivity index (χ3n) is 5.58. The summed E-state index contributed by atoms with van der Waals surface area (Å²) in [6.45, 7) is 0. The summed E-state index contributed by atoms with van der Waals surface area (Å²) >= 11 is 0. The monoisotopic (exact) mass is 289 g/mol. The minimum atomic E-state index is 0.582. The Kier molecular flexibility index (Phi) is 4.39. The van der Waals surface area contributed by atoms with E-state index in [1.165, 1.54) is 31.2 Å². The lowest BCUT2D eigenvalue weighted by atomic mass is 9.81. The molecule has 0 amide bonds. The Balaban J connectivity index is 1.72. The topological polar surface area (TPSA) is 30.5 Å². The average Bonchev–Trinajstić information content (AvgIpc) is 3.15. The van der Waals surface area contributed by atoms with Crippen LogP contribution in [0.25, 0.3) is 0 Å². The zero-order chi connectivity index (χ0) is 14.8. The Bertz CT molecular complexity index is 488. The van der Waals surface area contributed by atoms with Crippen molar-refractivity contribution in [1.82, 2.24) is 5.32 Å². The van der Waals surface area contributed by atoms with E-state index in [9.17, 15) is 0 Å². The minimum absolute atomic E-state index is 0.582. The SMILES string of the molecule is CNC(Cc1ccc(OC)c(OC)c1)C1CC2CCC1C2. The van der Waals surface area contributed by atoms with Gasteiger partial charge in [0.1, 0.15) is 0 Å². The second-order valence-electron chi connectivity index (χ2n) is 6.63. The molecule has 0 saturated heterocycles. The number of methoxy groups -OCH3 is 2. The zero-order valence-corrected chi connectivity index (χ0v) is 13.4. The first kappa shape index (κ1) is 14.7. The maximum absolute atomic E-state index is 5.42. The fraction of sp³-hybridized carbons (Fsp3) is 0.667. The third kappa shape index (κ3) is 2.89. The van der Waals surface area contributed by atoms with Crippen molar-refractivity contribution in [3.63, 3.8) is 0 Å². The van der Waals surface area contributed by atoms with Gasteiger partial charge in [-0.05, 0) is 68.2 Å². The van der Waals surface area contributed by atoms with Crippen molar-refractivity contribution in [2.45, 2.75) is 38.1 Å². The van der Waals surface area contributed by atoms with E-state index in [4.69, 9.17) is 9.47 Å². The molecular formula is C18H27NO2. The lowest BCUT2D eigenvalue weighted by Crippen LogP contribution is -2.38. The van der Waals surface area contributed by atoms with Gasteiger partial charge < -0.3 is 14.8 Å². The van der Waals surface area contributed by atoms with Crippen LogP contribution in [-0.2, 0) is 6.42 Å². The van der Waals surface area contributed by atoms with Crippen LogP contribution in [0.4, 0.5) is 0 Å². The van der Waals surface area contributed by atoms with Crippen LogP contribution in [0.5, 0.6) is 11.5 Å². The van der Waals surface area contributed by atoms with Crippen LogP contribution in [0.2, 0.25) is 0 Å². The van der Waals surface area contributed by atoms with E-state index in [0.29, 0.717) is 6.04 Å². The van der Waals surface area contributed by atoms with E-state index in [2.05, 4.69) is 24.5 Å². The van der Waals surface area contributed by atoms with Crippen molar-refractivity contribution in [3.8, 4) is 11.5 Å². The number of hydrogen-bond acceptors (Lipinski definition) is 3. The summed E-state index contributed by atoms with van der Waals surface area (Å²) in [7, 11) is 5.49. The number of ether oxygens (including phenoxy) is 2. The van der Waals surface area contributed by atoms with Crippen molar-refractivity contribution >= 4 is 0 Å². The van der Waals surface area contributed by atoms with Crippen molar-refractivity contribution in [1.29, 1.82) is 0 Å². The molecule has 2 bridgehead atoms. The summed E-state index contributed by atoms with van der Waals surface area (Å²) in [6, 6.07) is 6.88. The molecule has 2 saturated carbocycles. The van der Waals surface area contributed by atoms with Crippen molar-refractivity contribution in [2.75, 3.05) is 21.3 Å². The van der Waals surface area contributed by atoms with E-state index in [-0.39, 0.29) is 0 Å². The summed E-state index contributed by atoms with van der Waals surface area (Å²) in [5.74, 6) is 4.44. The average molecular weight is 289 g/mol. The van der Waals surface area contributed by atoms with E-state index >= 15 is 0 Å². The molecule has 3 rings (SSSR count). The zero-order valence-electron chi connectivity index (χ0n) is 13.4. The van der Waals surface area contributed by atoms with Crippen molar-refractivity contribution in [3.05, 3.63) is 23.8 Å². The lowest BCUT2D eigenvalue weighted by Gasteiger charge is -2.30. The molecule has 1 N–H and O–H groups in total. The molecule has 116 valence electrons. The smallest absolute Gasteiger partial charge is 0.160 e. The molecule has 21 heavy (non-hydrogen) atoms. The molecule has 0 aliphatic heterocycles. The van der Waals surface area contributed by atoms with Crippen LogP contribution in [0.1, 0.15) is 31.2 Å². The highest BCUT2D eigenvalue weighted by molar-refractivity contribution is 5.43. The second kappa shape index (κ2) is 6.27. The molecule has 1 aromatic carbocycles. The fourth-order valence-electron chi connectivity index (χ4n) is 4.52. The van der Waals surface area contributed by atoms with Crippen molar-refractivity contribution in [2.24, 2.45) is 17.8 Å². The number of likely N-dealkylation sites (N-methyl/N-ethyl adjacent to an activating group) is 1.